The number of anilines is 2. The van der Waals surface area contributed by atoms with Crippen LogP contribution in [0.1, 0.15) is 5.56 Å². The second-order valence-corrected chi connectivity index (χ2v) is 10.2. The summed E-state index contributed by atoms with van der Waals surface area (Å²) in [6.07, 6.45) is 0. The number of methoxy groups -OCH3 is 1. The standard InChI is InChI=1S/2C17H17N3O/c1-20(2)17-12-8-4-6-10-14(12)18-16(19-17)13-9-5-7-11-15(13)21-3;1-11-7-6-9-13(15(11)21)16-18-14-10-5-4-8-12(14)17(19-16)20(2)3/h4-11H,1-3H3;4-10,21H,1-3H3. The number of fused-ring (bicyclic) bond motifs is 2. The molecule has 0 amide bonds. The largest absolute Gasteiger partial charge is 0.507 e. The van der Waals surface area contributed by atoms with Crippen LogP contribution in [-0.2, 0) is 0 Å². The fraction of sp³-hybridized carbons (Fsp3) is 0.176. The van der Waals surface area contributed by atoms with Gasteiger partial charge in [0.15, 0.2) is 11.6 Å². The molecule has 212 valence electrons. The Morgan fingerprint density at radius 3 is 1.60 bits per heavy atom. The first kappa shape index (κ1) is 28.3. The molecule has 2 aromatic heterocycles. The number of benzene rings is 4. The Kier molecular flexibility index (Phi) is 8.15. The van der Waals surface area contributed by atoms with Crippen molar-refractivity contribution in [1.82, 2.24) is 19.9 Å². The minimum absolute atomic E-state index is 0.234. The summed E-state index contributed by atoms with van der Waals surface area (Å²) in [5.74, 6) is 3.97. The number of aromatic hydroxyl groups is 1. The van der Waals surface area contributed by atoms with Crippen LogP contribution >= 0.6 is 0 Å². The molecule has 0 fully saturated rings. The summed E-state index contributed by atoms with van der Waals surface area (Å²) in [5, 5.41) is 12.3. The minimum atomic E-state index is 0.234. The monoisotopic (exact) mass is 558 g/mol. The van der Waals surface area contributed by atoms with Crippen molar-refractivity contribution in [3.8, 4) is 34.3 Å². The van der Waals surface area contributed by atoms with Crippen molar-refractivity contribution in [2.24, 2.45) is 0 Å². The molecular weight excluding hydrogens is 524 g/mol. The zero-order valence-electron chi connectivity index (χ0n) is 24.7. The number of hydrogen-bond acceptors (Lipinski definition) is 8. The van der Waals surface area contributed by atoms with E-state index in [0.717, 1.165) is 50.3 Å². The number of hydrogen-bond donors (Lipinski definition) is 1. The number of rotatable bonds is 5. The summed E-state index contributed by atoms with van der Waals surface area (Å²) < 4.78 is 5.42. The van der Waals surface area contributed by atoms with Crippen LogP contribution in [0.4, 0.5) is 11.6 Å². The van der Waals surface area contributed by atoms with Crippen LogP contribution in [0, 0.1) is 6.92 Å². The summed E-state index contributed by atoms with van der Waals surface area (Å²) in [7, 11) is 9.54. The minimum Gasteiger partial charge on any atom is -0.507 e. The molecule has 2 heterocycles. The average Bonchev–Trinajstić information content (AvgIpc) is 3.01. The van der Waals surface area contributed by atoms with Gasteiger partial charge in [-0.25, -0.2) is 19.9 Å². The van der Waals surface area contributed by atoms with Crippen LogP contribution in [0.5, 0.6) is 11.5 Å². The Hall–Kier alpha value is -5.24. The van der Waals surface area contributed by atoms with Crippen molar-refractivity contribution < 1.29 is 9.84 Å². The Morgan fingerprint density at radius 2 is 1.05 bits per heavy atom. The third-order valence-electron chi connectivity index (χ3n) is 6.84. The highest BCUT2D eigenvalue weighted by atomic mass is 16.5. The SMILES string of the molecule is COc1ccccc1-c1nc(N(C)C)c2ccccc2n1.Cc1cccc(-c2nc(N(C)C)c3ccccc3n2)c1O. The Balaban J connectivity index is 0.000000168. The summed E-state index contributed by atoms with van der Waals surface area (Å²) in [6, 6.07) is 29.3. The highest BCUT2D eigenvalue weighted by Gasteiger charge is 2.15. The molecule has 0 aliphatic heterocycles. The van der Waals surface area contributed by atoms with Gasteiger partial charge in [-0.2, -0.15) is 0 Å². The van der Waals surface area contributed by atoms with Crippen LogP contribution in [0.2, 0.25) is 0 Å². The van der Waals surface area contributed by atoms with Crippen LogP contribution in [0.3, 0.4) is 0 Å². The molecule has 8 nitrogen and oxygen atoms in total. The fourth-order valence-corrected chi connectivity index (χ4v) is 4.71. The van der Waals surface area contributed by atoms with E-state index in [9.17, 15) is 5.11 Å². The van der Waals surface area contributed by atoms with E-state index in [1.165, 1.54) is 0 Å². The molecule has 0 saturated carbocycles. The molecule has 1 N–H and O–H groups in total. The first-order valence-corrected chi connectivity index (χ1v) is 13.6. The molecule has 4 aromatic carbocycles. The van der Waals surface area contributed by atoms with Gasteiger partial charge in [-0.15, -0.1) is 0 Å². The molecule has 0 aliphatic carbocycles. The van der Waals surface area contributed by atoms with Crippen LogP contribution < -0.4 is 14.5 Å². The van der Waals surface area contributed by atoms with Gasteiger partial charge in [-0.1, -0.05) is 48.5 Å². The second-order valence-electron chi connectivity index (χ2n) is 10.2. The normalized spacial score (nSPS) is 10.7. The van der Waals surface area contributed by atoms with E-state index in [1.54, 1.807) is 7.11 Å². The number of phenolic OH excluding ortho intramolecular Hbond substituents is 1. The number of nitrogens with zero attached hydrogens (tertiary/aromatic N) is 6. The zero-order valence-corrected chi connectivity index (χ0v) is 24.7. The van der Waals surface area contributed by atoms with Gasteiger partial charge >= 0.3 is 0 Å². The number of aromatic nitrogens is 4. The molecule has 0 unspecified atom stereocenters. The van der Waals surface area contributed by atoms with Gasteiger partial charge in [0.25, 0.3) is 0 Å². The van der Waals surface area contributed by atoms with E-state index in [2.05, 4.69) is 15.0 Å². The number of ether oxygens (including phenoxy) is 1. The van der Waals surface area contributed by atoms with Crippen LogP contribution in [0.25, 0.3) is 44.6 Å². The molecule has 42 heavy (non-hydrogen) atoms. The predicted octanol–water partition coefficient (Wildman–Crippen LogP) is 6.75. The molecule has 0 spiro atoms. The first-order chi connectivity index (χ1) is 20.3. The Labute approximate surface area is 245 Å². The second kappa shape index (κ2) is 12.1. The highest BCUT2D eigenvalue weighted by Crippen LogP contribution is 2.33. The number of aryl methyl sites for hydroxylation is 1. The van der Waals surface area contributed by atoms with Crippen molar-refractivity contribution >= 4 is 33.4 Å². The lowest BCUT2D eigenvalue weighted by atomic mass is 10.1. The van der Waals surface area contributed by atoms with Gasteiger partial charge in [-0.3, -0.25) is 0 Å². The third kappa shape index (κ3) is 5.65. The molecule has 0 aliphatic rings. The number of phenols is 1. The lowest BCUT2D eigenvalue weighted by Gasteiger charge is -2.16. The van der Waals surface area contributed by atoms with Gasteiger partial charge in [0.2, 0.25) is 0 Å². The fourth-order valence-electron chi connectivity index (χ4n) is 4.71. The maximum Gasteiger partial charge on any atom is 0.165 e. The van der Waals surface area contributed by atoms with Crippen molar-refractivity contribution in [1.29, 1.82) is 0 Å². The van der Waals surface area contributed by atoms with E-state index in [0.29, 0.717) is 17.2 Å². The van der Waals surface area contributed by atoms with Gasteiger partial charge in [0.1, 0.15) is 23.1 Å². The van der Waals surface area contributed by atoms with Gasteiger partial charge in [0, 0.05) is 39.0 Å². The smallest absolute Gasteiger partial charge is 0.165 e. The molecule has 6 aromatic rings. The highest BCUT2D eigenvalue weighted by molar-refractivity contribution is 5.92. The van der Waals surface area contributed by atoms with Gasteiger partial charge in [-0.05, 0) is 55.0 Å². The van der Waals surface area contributed by atoms with Crippen LogP contribution in [-0.4, -0.2) is 60.3 Å². The lowest BCUT2D eigenvalue weighted by Crippen LogP contribution is -2.12. The third-order valence-corrected chi connectivity index (χ3v) is 6.84. The molecule has 8 heteroatoms. The predicted molar refractivity (Wildman–Crippen MR) is 172 cm³/mol. The Morgan fingerprint density at radius 1 is 0.571 bits per heavy atom. The van der Waals surface area contributed by atoms with E-state index < -0.39 is 0 Å². The van der Waals surface area contributed by atoms with Crippen molar-refractivity contribution in [3.05, 3.63) is 96.6 Å². The van der Waals surface area contributed by atoms with Crippen molar-refractivity contribution in [2.45, 2.75) is 6.92 Å². The van der Waals surface area contributed by atoms with Crippen molar-refractivity contribution in [3.63, 3.8) is 0 Å². The summed E-state index contributed by atoms with van der Waals surface area (Å²) in [5.41, 5.74) is 4.16. The molecule has 0 saturated heterocycles. The first-order valence-electron chi connectivity index (χ1n) is 13.6. The van der Waals surface area contributed by atoms with Gasteiger partial charge < -0.3 is 19.6 Å². The van der Waals surface area contributed by atoms with Crippen molar-refractivity contribution in [2.75, 3.05) is 45.1 Å². The molecule has 6 rings (SSSR count). The molecule has 0 radical (unpaired) electrons. The summed E-state index contributed by atoms with van der Waals surface area (Å²) in [6.45, 7) is 1.87. The van der Waals surface area contributed by atoms with E-state index in [4.69, 9.17) is 9.72 Å². The number of para-hydroxylation sites is 4. The molecule has 0 bridgehead atoms. The molecule has 0 atom stereocenters. The van der Waals surface area contributed by atoms with Crippen LogP contribution in [0.15, 0.2) is 91.0 Å². The topological polar surface area (TPSA) is 87.5 Å². The summed E-state index contributed by atoms with van der Waals surface area (Å²) in [4.78, 5) is 22.6. The van der Waals surface area contributed by atoms with Gasteiger partial charge in [0.05, 0.1) is 29.3 Å². The Bertz CT molecular complexity index is 1870. The van der Waals surface area contributed by atoms with E-state index >= 15 is 0 Å². The zero-order chi connectivity index (χ0) is 29.8. The van der Waals surface area contributed by atoms with E-state index in [-0.39, 0.29) is 5.75 Å². The quantitative estimate of drug-likeness (QED) is 0.249. The maximum absolute atomic E-state index is 10.3. The lowest BCUT2D eigenvalue weighted by molar-refractivity contribution is 0.416. The average molecular weight is 559 g/mol. The summed E-state index contributed by atoms with van der Waals surface area (Å²) >= 11 is 0. The van der Waals surface area contributed by atoms with E-state index in [1.807, 2.05) is 136 Å². The maximum atomic E-state index is 10.3. The molecular formula is C34H34N6O2.